The number of piperidine rings is 1. The third kappa shape index (κ3) is 6.57. The van der Waals surface area contributed by atoms with Gasteiger partial charge in [-0.2, -0.15) is 0 Å². The molecule has 2 bridgehead atoms. The van der Waals surface area contributed by atoms with Gasteiger partial charge in [-0.1, -0.05) is 12.1 Å². The van der Waals surface area contributed by atoms with E-state index >= 15 is 0 Å². The van der Waals surface area contributed by atoms with E-state index in [0.29, 0.717) is 13.1 Å². The summed E-state index contributed by atoms with van der Waals surface area (Å²) in [7, 11) is 3.51. The van der Waals surface area contributed by atoms with E-state index in [2.05, 4.69) is 10.2 Å². The van der Waals surface area contributed by atoms with E-state index in [4.69, 9.17) is 10.5 Å². The van der Waals surface area contributed by atoms with Gasteiger partial charge in [0.15, 0.2) is 0 Å². The van der Waals surface area contributed by atoms with Gasteiger partial charge in [-0.05, 0) is 63.6 Å². The Balaban J connectivity index is 1.37. The molecule has 11 heteroatoms. The first-order valence-electron chi connectivity index (χ1n) is 13.7. The maximum atomic E-state index is 13.4. The SMILES string of the molecule is CN(C)C(=O)N1CCN(c2ccc(C[C@H](NC(=O)[C@@H]3[C@H]4CC[C@H](C4)N3C(=O)OC(C)(C)C)C(N)=O)cc2)CC1. The minimum Gasteiger partial charge on any atom is -0.444 e. The fourth-order valence-electron chi connectivity index (χ4n) is 5.90. The summed E-state index contributed by atoms with van der Waals surface area (Å²) >= 11 is 0. The van der Waals surface area contributed by atoms with Gasteiger partial charge in [-0.15, -0.1) is 0 Å². The molecule has 214 valence electrons. The average molecular weight is 543 g/mol. The van der Waals surface area contributed by atoms with E-state index in [0.717, 1.165) is 43.6 Å². The third-order valence-corrected chi connectivity index (χ3v) is 7.79. The number of piperazine rings is 1. The Hall–Kier alpha value is -3.50. The van der Waals surface area contributed by atoms with Gasteiger partial charge < -0.3 is 30.5 Å². The molecule has 2 saturated heterocycles. The number of benzene rings is 1. The van der Waals surface area contributed by atoms with Crippen LogP contribution in [0.1, 0.15) is 45.6 Å². The van der Waals surface area contributed by atoms with Crippen molar-refractivity contribution in [3.63, 3.8) is 0 Å². The lowest BCUT2D eigenvalue weighted by molar-refractivity contribution is -0.132. The van der Waals surface area contributed by atoms with E-state index in [1.165, 1.54) is 0 Å². The normalized spacial score (nSPS) is 23.4. The molecule has 0 unspecified atom stereocenters. The molecule has 1 aliphatic carbocycles. The maximum Gasteiger partial charge on any atom is 0.411 e. The van der Waals surface area contributed by atoms with Gasteiger partial charge in [-0.3, -0.25) is 14.5 Å². The number of urea groups is 1. The van der Waals surface area contributed by atoms with E-state index < -0.39 is 29.7 Å². The van der Waals surface area contributed by atoms with E-state index in [1.807, 2.05) is 29.2 Å². The molecule has 1 aromatic rings. The van der Waals surface area contributed by atoms with Gasteiger partial charge in [0, 0.05) is 58.4 Å². The molecule has 4 rings (SSSR count). The minimum absolute atomic E-state index is 0.0178. The summed E-state index contributed by atoms with van der Waals surface area (Å²) in [5.74, 6) is -0.941. The number of hydrogen-bond donors (Lipinski definition) is 2. The molecule has 3 N–H and O–H groups in total. The zero-order chi connectivity index (χ0) is 28.5. The quantitative estimate of drug-likeness (QED) is 0.564. The highest BCUT2D eigenvalue weighted by Gasteiger charge is 2.52. The van der Waals surface area contributed by atoms with E-state index in [1.54, 1.807) is 44.7 Å². The molecule has 0 aromatic heterocycles. The number of nitrogens with two attached hydrogens (primary N) is 1. The Kier molecular flexibility index (Phi) is 8.27. The fourth-order valence-corrected chi connectivity index (χ4v) is 5.90. The number of likely N-dealkylation sites (tertiary alicyclic amines) is 1. The molecule has 1 aromatic carbocycles. The predicted octanol–water partition coefficient (Wildman–Crippen LogP) is 1.79. The van der Waals surface area contributed by atoms with Crippen LogP contribution in [0.4, 0.5) is 15.3 Å². The molecule has 0 spiro atoms. The highest BCUT2D eigenvalue weighted by molar-refractivity contribution is 5.91. The van der Waals surface area contributed by atoms with Crippen molar-refractivity contribution in [2.45, 2.75) is 70.2 Å². The Bertz CT molecular complexity index is 1080. The Morgan fingerprint density at radius 1 is 1.05 bits per heavy atom. The number of primary amides is 1. The Morgan fingerprint density at radius 3 is 2.26 bits per heavy atom. The van der Waals surface area contributed by atoms with Crippen LogP contribution < -0.4 is 16.0 Å². The van der Waals surface area contributed by atoms with Crippen LogP contribution in [-0.2, 0) is 20.7 Å². The molecule has 3 aliphatic rings. The number of anilines is 1. The van der Waals surface area contributed by atoms with Crippen LogP contribution >= 0.6 is 0 Å². The second-order valence-electron chi connectivity index (χ2n) is 12.0. The lowest BCUT2D eigenvalue weighted by Gasteiger charge is -2.37. The summed E-state index contributed by atoms with van der Waals surface area (Å²) in [6.07, 6.45) is 2.23. The molecule has 2 heterocycles. The zero-order valence-electron chi connectivity index (χ0n) is 23.7. The highest BCUT2D eigenvalue weighted by Crippen LogP contribution is 2.43. The van der Waals surface area contributed by atoms with Gasteiger partial charge in [0.05, 0.1) is 0 Å². The van der Waals surface area contributed by atoms with Crippen LogP contribution in [-0.4, -0.2) is 103 Å². The number of fused-ring (bicyclic) bond motifs is 2. The van der Waals surface area contributed by atoms with Crippen molar-refractivity contribution in [2.24, 2.45) is 11.7 Å². The summed E-state index contributed by atoms with van der Waals surface area (Å²) in [4.78, 5) is 58.0. The van der Waals surface area contributed by atoms with Crippen molar-refractivity contribution in [2.75, 3.05) is 45.2 Å². The van der Waals surface area contributed by atoms with Crippen LogP contribution in [0.25, 0.3) is 0 Å². The third-order valence-electron chi connectivity index (χ3n) is 7.79. The number of hydrogen-bond acceptors (Lipinski definition) is 6. The first kappa shape index (κ1) is 28.5. The second kappa shape index (κ2) is 11.3. The number of carbonyl (C=O) groups excluding carboxylic acids is 4. The molecule has 11 nitrogen and oxygen atoms in total. The van der Waals surface area contributed by atoms with E-state index in [9.17, 15) is 19.2 Å². The average Bonchev–Trinajstić information content (AvgIpc) is 3.49. The summed E-state index contributed by atoms with van der Waals surface area (Å²) < 4.78 is 5.58. The first-order chi connectivity index (χ1) is 18.3. The van der Waals surface area contributed by atoms with Gasteiger partial charge in [-0.25, -0.2) is 9.59 Å². The van der Waals surface area contributed by atoms with Crippen LogP contribution in [0.3, 0.4) is 0 Å². The molecule has 39 heavy (non-hydrogen) atoms. The van der Waals surface area contributed by atoms with Gasteiger partial charge in [0.25, 0.3) is 0 Å². The van der Waals surface area contributed by atoms with Crippen molar-refractivity contribution in [3.05, 3.63) is 29.8 Å². The van der Waals surface area contributed by atoms with Crippen molar-refractivity contribution >= 4 is 29.6 Å². The fraction of sp³-hybridized carbons (Fsp3) is 0.643. The number of rotatable bonds is 6. The molecule has 4 atom stereocenters. The summed E-state index contributed by atoms with van der Waals surface area (Å²) in [6.45, 7) is 8.17. The monoisotopic (exact) mass is 542 g/mol. The number of amides is 5. The van der Waals surface area contributed by atoms with Gasteiger partial charge in [0.2, 0.25) is 11.8 Å². The van der Waals surface area contributed by atoms with Crippen LogP contribution in [0, 0.1) is 5.92 Å². The van der Waals surface area contributed by atoms with Crippen LogP contribution in [0.15, 0.2) is 24.3 Å². The topological polar surface area (TPSA) is 129 Å². The summed E-state index contributed by atoms with van der Waals surface area (Å²) in [6, 6.07) is 6.26. The standard InChI is InChI=1S/C28H42N6O5/c1-28(2,3)39-27(38)34-21-11-8-19(17-21)23(34)25(36)30-22(24(29)35)16-18-6-9-20(10-7-18)32-12-14-33(15-13-32)26(37)31(4)5/h6-7,9-10,19,21-23H,8,11-17H2,1-5H3,(H2,29,35)(H,30,36)/t19-,21+,22-,23-/m0/s1. The lowest BCUT2D eigenvalue weighted by Crippen LogP contribution is -2.57. The largest absolute Gasteiger partial charge is 0.444 e. The van der Waals surface area contributed by atoms with Crippen LogP contribution in [0.2, 0.25) is 0 Å². The highest BCUT2D eigenvalue weighted by atomic mass is 16.6. The number of nitrogens with zero attached hydrogens (tertiary/aromatic N) is 4. The lowest BCUT2D eigenvalue weighted by atomic mass is 9.97. The van der Waals surface area contributed by atoms with Crippen LogP contribution in [0.5, 0.6) is 0 Å². The van der Waals surface area contributed by atoms with Gasteiger partial charge in [0.1, 0.15) is 17.7 Å². The Morgan fingerprint density at radius 2 is 1.69 bits per heavy atom. The molecule has 2 aliphatic heterocycles. The van der Waals surface area contributed by atoms with Crippen molar-refractivity contribution in [1.29, 1.82) is 0 Å². The summed E-state index contributed by atoms with van der Waals surface area (Å²) in [5.41, 5.74) is 6.92. The molecular weight excluding hydrogens is 500 g/mol. The zero-order valence-corrected chi connectivity index (χ0v) is 23.7. The predicted molar refractivity (Wildman–Crippen MR) is 147 cm³/mol. The van der Waals surface area contributed by atoms with Crippen molar-refractivity contribution < 1.29 is 23.9 Å². The molecule has 3 fully saturated rings. The molecule has 5 amide bonds. The number of carbonyl (C=O) groups is 4. The van der Waals surface area contributed by atoms with E-state index in [-0.39, 0.29) is 30.3 Å². The smallest absolute Gasteiger partial charge is 0.411 e. The molecule has 1 saturated carbocycles. The summed E-state index contributed by atoms with van der Waals surface area (Å²) in [5, 5.41) is 2.83. The first-order valence-corrected chi connectivity index (χ1v) is 13.7. The number of nitrogens with one attached hydrogen (secondary N) is 1. The maximum absolute atomic E-state index is 13.4. The molecular formula is C28H42N6O5. The van der Waals surface area contributed by atoms with Crippen molar-refractivity contribution in [1.82, 2.24) is 20.0 Å². The van der Waals surface area contributed by atoms with Crippen molar-refractivity contribution in [3.8, 4) is 0 Å². The Labute approximate surface area is 230 Å². The minimum atomic E-state index is -0.899. The van der Waals surface area contributed by atoms with Gasteiger partial charge >= 0.3 is 12.1 Å². The second-order valence-corrected chi connectivity index (χ2v) is 12.0. The number of ether oxygens (including phenoxy) is 1. The molecule has 0 radical (unpaired) electrons.